The lowest BCUT2D eigenvalue weighted by atomic mass is 10.2. The van der Waals surface area contributed by atoms with Crippen LogP contribution in [0.1, 0.15) is 37.4 Å². The summed E-state index contributed by atoms with van der Waals surface area (Å²) in [7, 11) is 0. The number of nitrogens with zero attached hydrogens (tertiary/aromatic N) is 3. The van der Waals surface area contributed by atoms with Gasteiger partial charge in [0.2, 0.25) is 0 Å². The van der Waals surface area contributed by atoms with Gasteiger partial charge in [-0.05, 0) is 38.3 Å². The zero-order chi connectivity index (χ0) is 14.8. The Morgan fingerprint density at radius 2 is 2.00 bits per heavy atom. The van der Waals surface area contributed by atoms with Crippen LogP contribution in [0, 0.1) is 6.92 Å². The van der Waals surface area contributed by atoms with Gasteiger partial charge in [0, 0.05) is 23.5 Å². The smallest absolute Gasteiger partial charge is 0.136 e. The van der Waals surface area contributed by atoms with Gasteiger partial charge < -0.3 is 4.90 Å². The molecule has 112 valence electrons. The van der Waals surface area contributed by atoms with Crippen molar-refractivity contribution >= 4 is 21.7 Å². The van der Waals surface area contributed by atoms with Crippen LogP contribution in [-0.4, -0.2) is 22.4 Å². The van der Waals surface area contributed by atoms with Gasteiger partial charge in [0.1, 0.15) is 5.82 Å². The number of aryl methyl sites for hydroxylation is 1. The summed E-state index contributed by atoms with van der Waals surface area (Å²) in [5.74, 6) is 1.28. The summed E-state index contributed by atoms with van der Waals surface area (Å²) in [6.45, 7) is 5.46. The molecule has 2 aromatic rings. The van der Waals surface area contributed by atoms with E-state index in [1.54, 1.807) is 0 Å². The van der Waals surface area contributed by atoms with Crippen LogP contribution in [0.5, 0.6) is 0 Å². The van der Waals surface area contributed by atoms with E-state index in [9.17, 15) is 0 Å². The van der Waals surface area contributed by atoms with Crippen molar-refractivity contribution < 1.29 is 0 Å². The Balaban J connectivity index is 2.11. The van der Waals surface area contributed by atoms with Gasteiger partial charge >= 0.3 is 0 Å². The van der Waals surface area contributed by atoms with E-state index >= 15 is 0 Å². The molecule has 3 rings (SSSR count). The molecular formula is C17H22BrN3. The number of hydrogen-bond acceptors (Lipinski definition) is 2. The van der Waals surface area contributed by atoms with Crippen molar-refractivity contribution in [2.45, 2.75) is 44.5 Å². The molecule has 21 heavy (non-hydrogen) atoms. The maximum absolute atomic E-state index is 4.81. The third kappa shape index (κ3) is 2.86. The number of anilines is 1. The van der Waals surface area contributed by atoms with Gasteiger partial charge in [-0.1, -0.05) is 41.1 Å². The normalized spacial score (nSPS) is 14.4. The number of rotatable bonds is 6. The molecule has 0 spiro atoms. The zero-order valence-electron chi connectivity index (χ0n) is 12.7. The molecular weight excluding hydrogens is 326 g/mol. The highest BCUT2D eigenvalue weighted by molar-refractivity contribution is 9.08. The Morgan fingerprint density at radius 3 is 2.57 bits per heavy atom. The maximum Gasteiger partial charge on any atom is 0.136 e. The van der Waals surface area contributed by atoms with Gasteiger partial charge in [-0.3, -0.25) is 0 Å². The summed E-state index contributed by atoms with van der Waals surface area (Å²) in [6, 6.07) is 11.2. The van der Waals surface area contributed by atoms with Crippen molar-refractivity contribution in [2.75, 3.05) is 11.4 Å². The molecule has 1 aromatic heterocycles. The third-order valence-corrected chi connectivity index (χ3v) is 4.58. The average molecular weight is 348 g/mol. The van der Waals surface area contributed by atoms with E-state index in [2.05, 4.69) is 69.7 Å². The summed E-state index contributed by atoms with van der Waals surface area (Å²) >= 11 is 3.65. The molecule has 1 aromatic carbocycles. The lowest BCUT2D eigenvalue weighted by Gasteiger charge is -2.26. The zero-order valence-corrected chi connectivity index (χ0v) is 14.3. The Labute approximate surface area is 135 Å². The van der Waals surface area contributed by atoms with Crippen LogP contribution in [0.2, 0.25) is 0 Å². The fourth-order valence-corrected chi connectivity index (χ4v) is 3.49. The Morgan fingerprint density at radius 1 is 1.29 bits per heavy atom. The lowest BCUT2D eigenvalue weighted by Crippen LogP contribution is -2.29. The van der Waals surface area contributed by atoms with E-state index in [1.165, 1.54) is 24.2 Å². The van der Waals surface area contributed by atoms with Crippen molar-refractivity contribution in [3.63, 3.8) is 0 Å². The highest BCUT2D eigenvalue weighted by Gasteiger charge is 2.33. The molecule has 0 unspecified atom stereocenters. The van der Waals surface area contributed by atoms with Crippen LogP contribution in [0.25, 0.3) is 5.69 Å². The molecule has 0 bridgehead atoms. The highest BCUT2D eigenvalue weighted by atomic mass is 79.9. The van der Waals surface area contributed by atoms with Crippen LogP contribution in [-0.2, 0) is 5.33 Å². The molecule has 0 radical (unpaired) electrons. The number of benzene rings is 1. The van der Waals surface area contributed by atoms with Gasteiger partial charge in [0.25, 0.3) is 0 Å². The van der Waals surface area contributed by atoms with Gasteiger partial charge in [0.05, 0.1) is 11.4 Å². The first-order chi connectivity index (χ1) is 10.3. The maximum atomic E-state index is 4.81. The van der Waals surface area contributed by atoms with E-state index < -0.39 is 0 Å². The second-order valence-electron chi connectivity index (χ2n) is 5.69. The predicted octanol–water partition coefficient (Wildman–Crippen LogP) is 4.45. The molecule has 1 heterocycles. The fourth-order valence-electron chi connectivity index (χ4n) is 2.84. The van der Waals surface area contributed by atoms with E-state index in [4.69, 9.17) is 5.10 Å². The lowest BCUT2D eigenvalue weighted by molar-refractivity contribution is 0.719. The number of aromatic nitrogens is 2. The number of para-hydroxylation sites is 1. The minimum atomic E-state index is 0.696. The first-order valence-electron chi connectivity index (χ1n) is 7.72. The monoisotopic (exact) mass is 347 g/mol. The van der Waals surface area contributed by atoms with Crippen LogP contribution >= 0.6 is 15.9 Å². The standard InChI is InChI=1S/C17H22BrN3/c1-3-11-20(14-9-10-14)17-16(12-18)13(2)19-21(17)15-7-5-4-6-8-15/h4-8,14H,3,9-12H2,1-2H3. The fraction of sp³-hybridized carbons (Fsp3) is 0.471. The summed E-state index contributed by atoms with van der Waals surface area (Å²) in [4.78, 5) is 2.56. The molecule has 1 fully saturated rings. The average Bonchev–Trinajstić information content (AvgIpc) is 3.29. The van der Waals surface area contributed by atoms with Crippen LogP contribution in [0.3, 0.4) is 0 Å². The van der Waals surface area contributed by atoms with Gasteiger partial charge in [-0.25, -0.2) is 4.68 Å². The Bertz CT molecular complexity index is 602. The number of hydrogen-bond donors (Lipinski definition) is 0. The minimum absolute atomic E-state index is 0.696. The second-order valence-corrected chi connectivity index (χ2v) is 6.25. The molecule has 0 atom stereocenters. The van der Waals surface area contributed by atoms with Crippen molar-refractivity contribution in [1.29, 1.82) is 0 Å². The van der Waals surface area contributed by atoms with E-state index in [0.29, 0.717) is 6.04 Å². The molecule has 0 saturated heterocycles. The van der Waals surface area contributed by atoms with E-state index in [1.807, 2.05) is 0 Å². The van der Waals surface area contributed by atoms with E-state index in [0.717, 1.165) is 29.7 Å². The molecule has 0 N–H and O–H groups in total. The largest absolute Gasteiger partial charge is 0.353 e. The topological polar surface area (TPSA) is 21.1 Å². The molecule has 4 heteroatoms. The summed E-state index contributed by atoms with van der Waals surface area (Å²) < 4.78 is 2.12. The van der Waals surface area contributed by atoms with Crippen molar-refractivity contribution in [3.05, 3.63) is 41.6 Å². The van der Waals surface area contributed by atoms with Gasteiger partial charge in [-0.15, -0.1) is 0 Å². The summed E-state index contributed by atoms with van der Waals surface area (Å²) in [5.41, 5.74) is 3.58. The van der Waals surface area contributed by atoms with Crippen molar-refractivity contribution in [2.24, 2.45) is 0 Å². The number of alkyl halides is 1. The van der Waals surface area contributed by atoms with Crippen LogP contribution in [0.4, 0.5) is 5.82 Å². The van der Waals surface area contributed by atoms with Gasteiger partial charge in [0.15, 0.2) is 0 Å². The summed E-state index contributed by atoms with van der Waals surface area (Å²) in [5, 5.41) is 5.67. The van der Waals surface area contributed by atoms with Crippen molar-refractivity contribution in [3.8, 4) is 5.69 Å². The van der Waals surface area contributed by atoms with Gasteiger partial charge in [-0.2, -0.15) is 5.10 Å². The minimum Gasteiger partial charge on any atom is -0.353 e. The third-order valence-electron chi connectivity index (χ3n) is 4.02. The first kappa shape index (κ1) is 14.6. The second kappa shape index (κ2) is 6.22. The number of halogens is 1. The van der Waals surface area contributed by atoms with Crippen LogP contribution in [0.15, 0.2) is 30.3 Å². The molecule has 3 nitrogen and oxygen atoms in total. The predicted molar refractivity (Wildman–Crippen MR) is 91.6 cm³/mol. The molecule has 0 amide bonds. The van der Waals surface area contributed by atoms with E-state index in [-0.39, 0.29) is 0 Å². The Kier molecular flexibility index (Phi) is 4.34. The molecule has 1 saturated carbocycles. The molecule has 1 aliphatic rings. The van der Waals surface area contributed by atoms with Crippen molar-refractivity contribution in [1.82, 2.24) is 9.78 Å². The SMILES string of the molecule is CCCN(c1c(CBr)c(C)nn1-c1ccccc1)C1CC1. The molecule has 1 aliphatic carbocycles. The van der Waals surface area contributed by atoms with Crippen LogP contribution < -0.4 is 4.90 Å². The quantitative estimate of drug-likeness (QED) is 0.719. The molecule has 0 aliphatic heterocycles. The summed E-state index contributed by atoms with van der Waals surface area (Å²) in [6.07, 6.45) is 3.78. The highest BCUT2D eigenvalue weighted by Crippen LogP contribution is 2.37. The first-order valence-corrected chi connectivity index (χ1v) is 8.85. The Hall–Kier alpha value is -1.29.